The number of rotatable bonds is 6. The van der Waals surface area contributed by atoms with Crippen molar-refractivity contribution in [1.29, 1.82) is 5.26 Å². The fraction of sp³-hybridized carbons (Fsp3) is 0.333. The fourth-order valence-electron chi connectivity index (χ4n) is 2.12. The zero-order chi connectivity index (χ0) is 17.4. The largest absolute Gasteiger partial charge is 0.383 e. The van der Waals surface area contributed by atoms with Crippen LogP contribution in [0.3, 0.4) is 0 Å². The Balaban J connectivity index is 1.98. The summed E-state index contributed by atoms with van der Waals surface area (Å²) in [5, 5.41) is 27.7. The van der Waals surface area contributed by atoms with Crippen LogP contribution in [0.15, 0.2) is 46.8 Å². The average molecular weight is 342 g/mol. The van der Waals surface area contributed by atoms with E-state index in [1.807, 2.05) is 36.6 Å². The number of benzene rings is 1. The van der Waals surface area contributed by atoms with Gasteiger partial charge in [0.2, 0.25) is 0 Å². The molecule has 0 bridgehead atoms. The molecule has 0 fully saturated rings. The highest BCUT2D eigenvalue weighted by Crippen LogP contribution is 2.24. The van der Waals surface area contributed by atoms with E-state index in [1.165, 1.54) is 11.3 Å². The number of hydrogen-bond acceptors (Lipinski definition) is 4. The minimum absolute atomic E-state index is 0.368. The topological polar surface area (TPSA) is 80.4 Å². The first kappa shape index (κ1) is 18.0. The van der Waals surface area contributed by atoms with Gasteiger partial charge in [0, 0.05) is 11.4 Å². The molecule has 126 valence electrons. The van der Waals surface area contributed by atoms with Gasteiger partial charge in [-0.2, -0.15) is 5.26 Å². The second-order valence-electron chi connectivity index (χ2n) is 5.61. The summed E-state index contributed by atoms with van der Waals surface area (Å²) in [5.41, 5.74) is 0.717. The molecule has 0 amide bonds. The minimum atomic E-state index is -0.946. The Morgan fingerprint density at radius 2 is 2.04 bits per heavy atom. The van der Waals surface area contributed by atoms with Crippen LogP contribution in [0.2, 0.25) is 0 Å². The van der Waals surface area contributed by atoms with Gasteiger partial charge in [0.1, 0.15) is 5.60 Å². The summed E-state index contributed by atoms with van der Waals surface area (Å²) in [5.74, 6) is 0.652. The van der Waals surface area contributed by atoms with E-state index in [-0.39, 0.29) is 0 Å². The van der Waals surface area contributed by atoms with Gasteiger partial charge < -0.3 is 15.7 Å². The second kappa shape index (κ2) is 8.48. The van der Waals surface area contributed by atoms with Crippen molar-refractivity contribution in [3.05, 3.63) is 57.8 Å². The van der Waals surface area contributed by atoms with Crippen LogP contribution >= 0.6 is 11.3 Å². The Morgan fingerprint density at radius 3 is 2.62 bits per heavy atom. The van der Waals surface area contributed by atoms with Crippen molar-refractivity contribution in [2.24, 2.45) is 4.99 Å². The molecule has 0 aliphatic rings. The first-order valence-electron chi connectivity index (χ1n) is 7.82. The summed E-state index contributed by atoms with van der Waals surface area (Å²) < 4.78 is 0. The van der Waals surface area contributed by atoms with Gasteiger partial charge in [0.15, 0.2) is 5.96 Å². The summed E-state index contributed by atoms with van der Waals surface area (Å²) in [6.07, 6.45) is 0. The van der Waals surface area contributed by atoms with Gasteiger partial charge in [-0.05, 0) is 43.0 Å². The molecule has 2 rings (SSSR count). The summed E-state index contributed by atoms with van der Waals surface area (Å²) in [4.78, 5) is 5.44. The maximum atomic E-state index is 10.6. The predicted octanol–water partition coefficient (Wildman–Crippen LogP) is 2.58. The van der Waals surface area contributed by atoms with Crippen LogP contribution in [0.1, 0.15) is 29.9 Å². The summed E-state index contributed by atoms with van der Waals surface area (Å²) in [7, 11) is 0. The van der Waals surface area contributed by atoms with Gasteiger partial charge in [-0.25, -0.2) is 4.99 Å². The van der Waals surface area contributed by atoms with E-state index in [4.69, 9.17) is 5.26 Å². The number of hydrogen-bond donors (Lipinski definition) is 3. The van der Waals surface area contributed by atoms with Gasteiger partial charge in [0.25, 0.3) is 0 Å². The third-order valence-corrected chi connectivity index (χ3v) is 4.62. The quantitative estimate of drug-likeness (QED) is 0.557. The molecule has 1 unspecified atom stereocenters. The standard InChI is InChI=1S/C18H22N4OS/c1-3-20-17(21-12-15-8-6-14(11-19)7-9-15)22-13-18(2,23)16-5-4-10-24-16/h4-10,23H,3,12-13H2,1-2H3,(H2,20,21,22). The molecular weight excluding hydrogens is 320 g/mol. The van der Waals surface area contributed by atoms with Crippen molar-refractivity contribution >= 4 is 17.3 Å². The number of aliphatic hydroxyl groups is 1. The molecule has 5 nitrogen and oxygen atoms in total. The Hall–Kier alpha value is -2.36. The highest BCUT2D eigenvalue weighted by molar-refractivity contribution is 7.10. The summed E-state index contributed by atoms with van der Waals surface area (Å²) >= 11 is 1.53. The second-order valence-corrected chi connectivity index (χ2v) is 6.56. The lowest BCUT2D eigenvalue weighted by Gasteiger charge is -2.23. The SMILES string of the molecule is CCNC(=NCc1ccc(C#N)cc1)NCC(C)(O)c1cccs1. The molecular formula is C18H22N4OS. The lowest BCUT2D eigenvalue weighted by atomic mass is 10.1. The minimum Gasteiger partial charge on any atom is -0.383 e. The molecule has 24 heavy (non-hydrogen) atoms. The Labute approximate surface area is 146 Å². The van der Waals surface area contributed by atoms with Gasteiger partial charge in [-0.3, -0.25) is 0 Å². The average Bonchev–Trinajstić information content (AvgIpc) is 3.13. The number of thiophene rings is 1. The van der Waals surface area contributed by atoms with E-state index >= 15 is 0 Å². The molecule has 6 heteroatoms. The number of nitriles is 1. The van der Waals surface area contributed by atoms with Crippen LogP contribution in [0.25, 0.3) is 0 Å². The lowest BCUT2D eigenvalue weighted by molar-refractivity contribution is 0.0655. The lowest BCUT2D eigenvalue weighted by Crippen LogP contribution is -2.44. The fourth-order valence-corrected chi connectivity index (χ4v) is 2.91. The molecule has 0 saturated carbocycles. The van der Waals surface area contributed by atoms with Gasteiger partial charge in [-0.15, -0.1) is 11.3 Å². The van der Waals surface area contributed by atoms with E-state index in [0.717, 1.165) is 17.0 Å². The van der Waals surface area contributed by atoms with Crippen LogP contribution < -0.4 is 10.6 Å². The molecule has 2 aromatic rings. The van der Waals surface area contributed by atoms with Gasteiger partial charge >= 0.3 is 0 Å². The van der Waals surface area contributed by atoms with Crippen LogP contribution in [0.4, 0.5) is 0 Å². The molecule has 1 atom stereocenters. The first-order valence-corrected chi connectivity index (χ1v) is 8.70. The highest BCUT2D eigenvalue weighted by Gasteiger charge is 2.24. The van der Waals surface area contributed by atoms with E-state index < -0.39 is 5.60 Å². The third-order valence-electron chi connectivity index (χ3n) is 3.50. The maximum absolute atomic E-state index is 10.6. The van der Waals surface area contributed by atoms with Crippen molar-refractivity contribution in [1.82, 2.24) is 10.6 Å². The van der Waals surface area contributed by atoms with Crippen molar-refractivity contribution in [2.45, 2.75) is 26.0 Å². The zero-order valence-electron chi connectivity index (χ0n) is 13.9. The predicted molar refractivity (Wildman–Crippen MR) is 97.9 cm³/mol. The first-order chi connectivity index (χ1) is 11.5. The zero-order valence-corrected chi connectivity index (χ0v) is 14.7. The maximum Gasteiger partial charge on any atom is 0.191 e. The molecule has 0 radical (unpaired) electrons. The molecule has 1 heterocycles. The van der Waals surface area contributed by atoms with Crippen LogP contribution in [-0.4, -0.2) is 24.2 Å². The Kier molecular flexibility index (Phi) is 6.36. The van der Waals surface area contributed by atoms with Crippen LogP contribution in [0.5, 0.6) is 0 Å². The number of guanidine groups is 1. The van der Waals surface area contributed by atoms with Crippen molar-refractivity contribution in [3.63, 3.8) is 0 Å². The molecule has 0 aliphatic carbocycles. The molecule has 0 saturated heterocycles. The van der Waals surface area contributed by atoms with Gasteiger partial charge in [-0.1, -0.05) is 18.2 Å². The highest BCUT2D eigenvalue weighted by atomic mass is 32.1. The molecule has 0 aliphatic heterocycles. The molecule has 3 N–H and O–H groups in total. The van der Waals surface area contributed by atoms with E-state index in [9.17, 15) is 5.11 Å². The van der Waals surface area contributed by atoms with E-state index in [1.54, 1.807) is 19.1 Å². The molecule has 1 aromatic carbocycles. The number of aliphatic imine (C=N–C) groups is 1. The monoisotopic (exact) mass is 342 g/mol. The normalized spacial score (nSPS) is 13.8. The third kappa shape index (κ3) is 5.08. The van der Waals surface area contributed by atoms with E-state index in [0.29, 0.717) is 24.6 Å². The number of nitrogens with zero attached hydrogens (tertiary/aromatic N) is 2. The van der Waals surface area contributed by atoms with E-state index in [2.05, 4.69) is 21.7 Å². The summed E-state index contributed by atoms with van der Waals surface area (Å²) in [6, 6.07) is 13.3. The smallest absolute Gasteiger partial charge is 0.191 e. The van der Waals surface area contributed by atoms with Crippen molar-refractivity contribution in [3.8, 4) is 6.07 Å². The van der Waals surface area contributed by atoms with Crippen molar-refractivity contribution in [2.75, 3.05) is 13.1 Å². The Morgan fingerprint density at radius 1 is 1.29 bits per heavy atom. The Bertz CT molecular complexity index is 700. The van der Waals surface area contributed by atoms with Crippen LogP contribution in [0, 0.1) is 11.3 Å². The van der Waals surface area contributed by atoms with Gasteiger partial charge in [0.05, 0.1) is 24.7 Å². The summed E-state index contributed by atoms with van der Waals surface area (Å²) in [6.45, 7) is 5.39. The molecule has 1 aromatic heterocycles. The molecule has 0 spiro atoms. The number of nitrogens with one attached hydrogen (secondary N) is 2. The van der Waals surface area contributed by atoms with Crippen molar-refractivity contribution < 1.29 is 5.11 Å². The van der Waals surface area contributed by atoms with Crippen LogP contribution in [-0.2, 0) is 12.1 Å².